The van der Waals surface area contributed by atoms with Crippen molar-refractivity contribution >= 4 is 6.34 Å². The van der Waals surface area contributed by atoms with Crippen molar-refractivity contribution in [3.8, 4) is 0 Å². The molecule has 0 fully saturated rings. The van der Waals surface area contributed by atoms with Crippen molar-refractivity contribution in [2.75, 3.05) is 7.05 Å². The monoisotopic (exact) mass is 100 g/mol. The molecular weight excluding hydrogens is 92.1 g/mol. The van der Waals surface area contributed by atoms with Crippen LogP contribution in [-0.4, -0.2) is 18.5 Å². The van der Waals surface area contributed by atoms with Crippen molar-refractivity contribution in [1.82, 2.24) is 5.32 Å². The number of aliphatic hydroxyl groups excluding tert-OH is 1. The molecule has 0 aliphatic rings. The van der Waals surface area contributed by atoms with Crippen molar-refractivity contribution in [2.45, 2.75) is 0 Å². The quantitative estimate of drug-likeness (QED) is 0.297. The molecule has 0 atom stereocenters. The van der Waals surface area contributed by atoms with E-state index < -0.39 is 0 Å². The normalized spacial score (nSPS) is 9.29. The molecule has 3 heteroatoms. The van der Waals surface area contributed by atoms with Crippen LogP contribution in [0.3, 0.4) is 0 Å². The molecule has 0 saturated heterocycles. The average Bonchev–Trinajstić information content (AvgIpc) is 1.61. The smallest absolute Gasteiger partial charge is 0.204 e. The van der Waals surface area contributed by atoms with Gasteiger partial charge in [-0.1, -0.05) is 0 Å². The third kappa shape index (κ3) is 5.01. The molecule has 0 aliphatic heterocycles. The van der Waals surface area contributed by atoms with E-state index in [4.69, 9.17) is 5.11 Å². The predicted octanol–water partition coefficient (Wildman–Crippen LogP) is 0.263. The number of rotatable bonds is 2. The highest BCUT2D eigenvalue weighted by atomic mass is 16.3. The van der Waals surface area contributed by atoms with Crippen LogP contribution in [0.4, 0.5) is 0 Å². The van der Waals surface area contributed by atoms with Crippen molar-refractivity contribution < 1.29 is 5.11 Å². The van der Waals surface area contributed by atoms with E-state index in [9.17, 15) is 0 Å². The lowest BCUT2D eigenvalue weighted by atomic mass is 10.9. The van der Waals surface area contributed by atoms with Gasteiger partial charge in [0, 0.05) is 7.05 Å². The summed E-state index contributed by atoms with van der Waals surface area (Å²) >= 11 is 0. The van der Waals surface area contributed by atoms with E-state index in [1.54, 1.807) is 7.05 Å². The number of nitrogens with zero attached hydrogens (tertiary/aromatic N) is 1. The van der Waals surface area contributed by atoms with E-state index in [0.29, 0.717) is 0 Å². The van der Waals surface area contributed by atoms with Crippen molar-refractivity contribution in [3.63, 3.8) is 0 Å². The molecule has 0 radical (unpaired) electrons. The van der Waals surface area contributed by atoms with Crippen molar-refractivity contribution in [3.05, 3.63) is 12.5 Å². The Labute approximate surface area is 42.4 Å². The zero-order chi connectivity index (χ0) is 5.70. The Kier molecular flexibility index (Phi) is 2.76. The van der Waals surface area contributed by atoms with Gasteiger partial charge in [0.15, 0.2) is 0 Å². The van der Waals surface area contributed by atoms with Crippen LogP contribution < -0.4 is 5.32 Å². The lowest BCUT2D eigenvalue weighted by Gasteiger charge is -1.82. The number of aliphatic hydroxyl groups is 1. The molecule has 0 unspecified atom stereocenters. The van der Waals surface area contributed by atoms with E-state index in [-0.39, 0.29) is 5.88 Å². The fourth-order valence-electron chi connectivity index (χ4n) is 0.139. The molecule has 0 aromatic rings. The van der Waals surface area contributed by atoms with Gasteiger partial charge in [-0.2, -0.15) is 0 Å². The Hall–Kier alpha value is -0.990. The lowest BCUT2D eigenvalue weighted by Crippen LogP contribution is -2.00. The maximum Gasteiger partial charge on any atom is 0.204 e. The summed E-state index contributed by atoms with van der Waals surface area (Å²) in [6, 6.07) is 0. The first-order chi connectivity index (χ1) is 3.27. The fourth-order valence-corrected chi connectivity index (χ4v) is 0.139. The minimum Gasteiger partial charge on any atom is -0.494 e. The topological polar surface area (TPSA) is 44.6 Å². The van der Waals surface area contributed by atoms with Gasteiger partial charge < -0.3 is 10.4 Å². The minimum absolute atomic E-state index is 0.186. The third-order valence-electron chi connectivity index (χ3n) is 0.343. The molecular formula is C4H8N2O. The first kappa shape index (κ1) is 6.01. The zero-order valence-corrected chi connectivity index (χ0v) is 4.18. The first-order valence-electron chi connectivity index (χ1n) is 1.85. The lowest BCUT2D eigenvalue weighted by molar-refractivity contribution is 0.410. The van der Waals surface area contributed by atoms with Gasteiger partial charge in [0.05, 0.1) is 6.34 Å². The van der Waals surface area contributed by atoms with Crippen LogP contribution >= 0.6 is 0 Å². The number of hydrogen-bond donors (Lipinski definition) is 2. The van der Waals surface area contributed by atoms with Gasteiger partial charge in [0.1, 0.15) is 0 Å². The molecule has 0 heterocycles. The Morgan fingerprint density at radius 3 is 2.71 bits per heavy atom. The van der Waals surface area contributed by atoms with Gasteiger partial charge in [0.25, 0.3) is 0 Å². The molecule has 7 heavy (non-hydrogen) atoms. The Balaban J connectivity index is 3.26. The number of nitrogens with one attached hydrogen (secondary N) is 1. The molecule has 0 amide bonds. The first-order valence-corrected chi connectivity index (χ1v) is 1.85. The summed E-state index contributed by atoms with van der Waals surface area (Å²) in [5.74, 6) is -0.186. The highest BCUT2D eigenvalue weighted by molar-refractivity contribution is 5.54. The molecule has 0 spiro atoms. The highest BCUT2D eigenvalue weighted by Crippen LogP contribution is 1.76. The van der Waals surface area contributed by atoms with Gasteiger partial charge in [0.2, 0.25) is 5.88 Å². The molecule has 0 saturated carbocycles. The molecule has 0 rings (SSSR count). The summed E-state index contributed by atoms with van der Waals surface area (Å²) in [4.78, 5) is 3.37. The van der Waals surface area contributed by atoms with E-state index in [2.05, 4.69) is 16.9 Å². The maximum atomic E-state index is 8.25. The number of aliphatic imine (C=N–C) groups is 1. The minimum atomic E-state index is -0.186. The molecule has 0 aromatic carbocycles. The van der Waals surface area contributed by atoms with Gasteiger partial charge in [-0.05, 0) is 6.58 Å². The van der Waals surface area contributed by atoms with Gasteiger partial charge in [-0.15, -0.1) is 0 Å². The van der Waals surface area contributed by atoms with Crippen LogP contribution in [0, 0.1) is 0 Å². The average molecular weight is 100 g/mol. The Morgan fingerprint density at radius 2 is 2.57 bits per heavy atom. The van der Waals surface area contributed by atoms with Crippen molar-refractivity contribution in [1.29, 1.82) is 0 Å². The number of hydrogen-bond acceptors (Lipinski definition) is 2. The van der Waals surface area contributed by atoms with Crippen LogP contribution in [0.1, 0.15) is 0 Å². The second-order valence-electron chi connectivity index (χ2n) is 0.963. The SMILES string of the molecule is C=C(O)/N=C\NC. The summed E-state index contributed by atoms with van der Waals surface area (Å²) in [5, 5.41) is 10.8. The zero-order valence-electron chi connectivity index (χ0n) is 4.18. The fraction of sp³-hybridized carbons (Fsp3) is 0.250. The van der Waals surface area contributed by atoms with Crippen LogP contribution in [0.2, 0.25) is 0 Å². The van der Waals surface area contributed by atoms with Crippen molar-refractivity contribution in [2.24, 2.45) is 4.99 Å². The van der Waals surface area contributed by atoms with E-state index in [0.717, 1.165) is 0 Å². The molecule has 3 nitrogen and oxygen atoms in total. The highest BCUT2D eigenvalue weighted by Gasteiger charge is 1.69. The molecule has 0 aliphatic carbocycles. The van der Waals surface area contributed by atoms with E-state index >= 15 is 0 Å². The second kappa shape index (κ2) is 3.21. The summed E-state index contributed by atoms with van der Waals surface area (Å²) in [7, 11) is 1.69. The largest absolute Gasteiger partial charge is 0.494 e. The van der Waals surface area contributed by atoms with Crippen LogP contribution in [0.15, 0.2) is 17.5 Å². The van der Waals surface area contributed by atoms with Crippen LogP contribution in [0.25, 0.3) is 0 Å². The Morgan fingerprint density at radius 1 is 2.00 bits per heavy atom. The van der Waals surface area contributed by atoms with Gasteiger partial charge >= 0.3 is 0 Å². The summed E-state index contributed by atoms with van der Waals surface area (Å²) in [5.41, 5.74) is 0. The standard InChI is InChI=1S/C4H8N2O/c1-4(7)6-3-5-2/h3,7H,1H2,2H3,(H,5,6). The molecule has 0 aromatic heterocycles. The van der Waals surface area contributed by atoms with Gasteiger partial charge in [-0.25, -0.2) is 4.99 Å². The summed E-state index contributed by atoms with van der Waals surface area (Å²) < 4.78 is 0. The molecule has 2 N–H and O–H groups in total. The van der Waals surface area contributed by atoms with Crippen LogP contribution in [0.5, 0.6) is 0 Å². The predicted molar refractivity (Wildman–Crippen MR) is 29.3 cm³/mol. The Bertz CT molecular complexity index is 87.7. The second-order valence-corrected chi connectivity index (χ2v) is 0.963. The molecule has 40 valence electrons. The summed E-state index contributed by atoms with van der Waals surface area (Å²) in [6.07, 6.45) is 1.35. The maximum absolute atomic E-state index is 8.25. The van der Waals surface area contributed by atoms with Crippen LogP contribution in [-0.2, 0) is 0 Å². The molecule has 0 bridgehead atoms. The summed E-state index contributed by atoms with van der Waals surface area (Å²) in [6.45, 7) is 3.11. The van der Waals surface area contributed by atoms with E-state index in [1.165, 1.54) is 6.34 Å². The van der Waals surface area contributed by atoms with E-state index in [1.807, 2.05) is 0 Å². The third-order valence-corrected chi connectivity index (χ3v) is 0.343. The van der Waals surface area contributed by atoms with Gasteiger partial charge in [-0.3, -0.25) is 0 Å².